The van der Waals surface area contributed by atoms with Crippen LogP contribution < -0.4 is 5.32 Å². The molecule has 0 heterocycles. The Morgan fingerprint density at radius 1 is 0.574 bits per heavy atom. The molecule has 0 aromatic heterocycles. The maximum absolute atomic E-state index is 13.0. The topological polar surface area (TPSA) is 226 Å². The van der Waals surface area contributed by atoms with Crippen LogP contribution in [0, 0.1) is 0 Å². The largest absolute Gasteiger partial charge is 0.472 e. The highest BCUT2D eigenvalue weighted by atomic mass is 31.2. The molecule has 0 aliphatic heterocycles. The van der Waals surface area contributed by atoms with E-state index in [-0.39, 0.29) is 6.42 Å². The summed E-state index contributed by atoms with van der Waals surface area (Å²) in [6.45, 7) is 3.72. The number of aliphatic hydroxyl groups is 7. The Kier molecular flexibility index (Phi) is 35.1. The van der Waals surface area contributed by atoms with E-state index in [2.05, 4.69) is 31.3 Å². The fourth-order valence-electron chi connectivity index (χ4n) is 7.77. The summed E-state index contributed by atoms with van der Waals surface area (Å²) in [5.74, 6) is -0.609. The number of aliphatic hydroxyl groups excluding tert-OH is 7. The number of allylic oxidation sites excluding steroid dienone is 3. The van der Waals surface area contributed by atoms with Crippen molar-refractivity contribution in [3.05, 3.63) is 24.3 Å². The molecule has 360 valence electrons. The monoisotopic (exact) mass is 892 g/mol. The smallest absolute Gasteiger partial charge is 0.393 e. The Balaban J connectivity index is 2.52. The van der Waals surface area contributed by atoms with Gasteiger partial charge in [0.25, 0.3) is 0 Å². The van der Waals surface area contributed by atoms with Crippen molar-refractivity contribution in [2.45, 2.75) is 261 Å². The van der Waals surface area contributed by atoms with Gasteiger partial charge in [0.05, 0.1) is 31.3 Å². The molecule has 0 bridgehead atoms. The van der Waals surface area contributed by atoms with Gasteiger partial charge in [0, 0.05) is 0 Å². The van der Waals surface area contributed by atoms with Gasteiger partial charge >= 0.3 is 7.82 Å². The molecule has 0 saturated heterocycles. The first kappa shape index (κ1) is 57.8. The van der Waals surface area contributed by atoms with Crippen molar-refractivity contribution >= 4 is 13.7 Å². The number of hydrogen-bond donors (Lipinski definition) is 9. The summed E-state index contributed by atoms with van der Waals surface area (Å²) in [7, 11) is -5.14. The molecule has 1 amide bonds. The summed E-state index contributed by atoms with van der Waals surface area (Å²) in [5, 5.41) is 74.4. The van der Waals surface area contributed by atoms with Crippen LogP contribution in [0.1, 0.15) is 206 Å². The number of carbonyl (C=O) groups excluding carboxylic acids is 1. The van der Waals surface area contributed by atoms with E-state index < -0.39 is 75.2 Å². The van der Waals surface area contributed by atoms with Crippen LogP contribution in [0.3, 0.4) is 0 Å². The van der Waals surface area contributed by atoms with E-state index in [1.54, 1.807) is 6.08 Å². The van der Waals surface area contributed by atoms with Crippen LogP contribution >= 0.6 is 7.82 Å². The van der Waals surface area contributed by atoms with Crippen LogP contribution in [-0.4, -0.2) is 108 Å². The van der Waals surface area contributed by atoms with E-state index in [0.717, 1.165) is 38.5 Å². The number of phosphoric ester groups is 1. The van der Waals surface area contributed by atoms with Gasteiger partial charge in [0.1, 0.15) is 36.6 Å². The van der Waals surface area contributed by atoms with Crippen LogP contribution in [0.2, 0.25) is 0 Å². The van der Waals surface area contributed by atoms with E-state index in [0.29, 0.717) is 19.3 Å². The molecular formula is C47H90NO12P. The average molecular weight is 892 g/mol. The van der Waals surface area contributed by atoms with Crippen LogP contribution in [0.4, 0.5) is 0 Å². The third-order valence-corrected chi connectivity index (χ3v) is 12.8. The van der Waals surface area contributed by atoms with Gasteiger partial charge in [-0.2, -0.15) is 0 Å². The highest BCUT2D eigenvalue weighted by Crippen LogP contribution is 2.47. The molecule has 0 aromatic carbocycles. The van der Waals surface area contributed by atoms with Crippen molar-refractivity contribution in [2.24, 2.45) is 0 Å². The first-order valence-corrected chi connectivity index (χ1v) is 25.9. The molecule has 1 fully saturated rings. The predicted octanol–water partition coefficient (Wildman–Crippen LogP) is 8.37. The lowest BCUT2D eigenvalue weighted by atomic mass is 9.85. The minimum absolute atomic E-state index is 0.264. The summed E-state index contributed by atoms with van der Waals surface area (Å²) in [4.78, 5) is 23.4. The minimum atomic E-state index is -5.14. The molecular weight excluding hydrogens is 801 g/mol. The third kappa shape index (κ3) is 29.0. The lowest BCUT2D eigenvalue weighted by Gasteiger charge is -2.41. The molecule has 61 heavy (non-hydrogen) atoms. The summed E-state index contributed by atoms with van der Waals surface area (Å²) in [6, 6.07) is -1.25. The Hall–Kier alpha value is -1.22. The van der Waals surface area contributed by atoms with E-state index in [1.807, 2.05) is 0 Å². The lowest BCUT2D eigenvalue weighted by molar-refractivity contribution is -0.220. The SMILES string of the molecule is CCCCCCCC/C=C\CCCC(O)CC(=O)NC(COP(=O)(O)OC1C(O)C(O)C(O)C(O)C1O)C(O)/C=C/CCCCCCCCCCCCCCCCCCCC. The fraction of sp³-hybridized carbons (Fsp3) is 0.894. The Morgan fingerprint density at radius 2 is 0.951 bits per heavy atom. The first-order valence-electron chi connectivity index (χ1n) is 24.4. The van der Waals surface area contributed by atoms with Gasteiger partial charge in [-0.15, -0.1) is 0 Å². The number of hydrogen-bond acceptors (Lipinski definition) is 11. The molecule has 8 atom stereocenters. The Morgan fingerprint density at radius 3 is 1.39 bits per heavy atom. The molecule has 8 unspecified atom stereocenters. The van der Waals surface area contributed by atoms with Crippen LogP contribution in [0.15, 0.2) is 24.3 Å². The molecule has 13 nitrogen and oxygen atoms in total. The number of unbranched alkanes of at least 4 members (excludes halogenated alkanes) is 25. The van der Waals surface area contributed by atoms with Crippen molar-refractivity contribution in [3.63, 3.8) is 0 Å². The fourth-order valence-corrected chi connectivity index (χ4v) is 8.74. The van der Waals surface area contributed by atoms with E-state index in [9.17, 15) is 50.0 Å². The van der Waals surface area contributed by atoms with E-state index >= 15 is 0 Å². The highest BCUT2D eigenvalue weighted by molar-refractivity contribution is 7.47. The van der Waals surface area contributed by atoms with E-state index in [1.165, 1.54) is 134 Å². The zero-order chi connectivity index (χ0) is 45.1. The molecule has 9 N–H and O–H groups in total. The standard InChI is InChI=1S/C47H90NO12P/c1-3-5-7-9-11-13-15-16-17-18-19-20-21-22-23-25-27-29-31-33-35-40(50)39(37-59-61(57,58)60-47-45(55)43(53)42(52)44(54)46(47)56)48-41(51)36-38(49)34-32-30-28-26-24-14-12-10-8-6-4-2/h26,28,33,35,38-40,42-47,49-50,52-56H,3-25,27,29-32,34,36-37H2,1-2H3,(H,48,51)(H,57,58)/b28-26-,35-33+. The molecule has 1 saturated carbocycles. The average Bonchev–Trinajstić information content (AvgIpc) is 3.23. The third-order valence-electron chi connectivity index (χ3n) is 11.8. The number of amides is 1. The van der Waals surface area contributed by atoms with Gasteiger partial charge in [-0.3, -0.25) is 13.8 Å². The molecule has 0 spiro atoms. The van der Waals surface area contributed by atoms with Crippen molar-refractivity contribution in [1.82, 2.24) is 5.32 Å². The van der Waals surface area contributed by atoms with Crippen molar-refractivity contribution in [1.29, 1.82) is 0 Å². The zero-order valence-electron chi connectivity index (χ0n) is 38.1. The number of phosphoric acid groups is 1. The maximum atomic E-state index is 13.0. The van der Waals surface area contributed by atoms with Crippen LogP contribution in [0.25, 0.3) is 0 Å². The molecule has 1 aliphatic rings. The van der Waals surface area contributed by atoms with Gasteiger partial charge < -0.3 is 46.0 Å². The molecule has 1 aliphatic carbocycles. The summed E-state index contributed by atoms with van der Waals surface area (Å²) < 4.78 is 22.9. The molecule has 0 aromatic rings. The zero-order valence-corrected chi connectivity index (χ0v) is 39.0. The van der Waals surface area contributed by atoms with Crippen molar-refractivity contribution in [3.8, 4) is 0 Å². The van der Waals surface area contributed by atoms with Crippen molar-refractivity contribution < 1.29 is 59.0 Å². The lowest BCUT2D eigenvalue weighted by Crippen LogP contribution is -2.64. The van der Waals surface area contributed by atoms with Gasteiger partial charge in [0.15, 0.2) is 0 Å². The van der Waals surface area contributed by atoms with Crippen LogP contribution in [-0.2, 0) is 18.4 Å². The van der Waals surface area contributed by atoms with E-state index in [4.69, 9.17) is 9.05 Å². The molecule has 14 heteroatoms. The maximum Gasteiger partial charge on any atom is 0.472 e. The summed E-state index contributed by atoms with van der Waals surface area (Å²) >= 11 is 0. The first-order chi connectivity index (χ1) is 29.3. The van der Waals surface area contributed by atoms with Crippen molar-refractivity contribution in [2.75, 3.05) is 6.61 Å². The highest BCUT2D eigenvalue weighted by Gasteiger charge is 2.51. The Bertz CT molecular complexity index is 1140. The Labute approximate surface area is 369 Å². The second-order valence-corrected chi connectivity index (χ2v) is 18.9. The second-order valence-electron chi connectivity index (χ2n) is 17.5. The molecule has 0 radical (unpaired) electrons. The number of rotatable bonds is 40. The quantitative estimate of drug-likeness (QED) is 0.0161. The van der Waals surface area contributed by atoms with Gasteiger partial charge in [-0.25, -0.2) is 4.57 Å². The van der Waals surface area contributed by atoms with Crippen LogP contribution in [0.5, 0.6) is 0 Å². The van der Waals surface area contributed by atoms with Gasteiger partial charge in [-0.1, -0.05) is 179 Å². The second kappa shape index (κ2) is 37.0. The minimum Gasteiger partial charge on any atom is -0.393 e. The summed E-state index contributed by atoms with van der Waals surface area (Å²) in [6.07, 6.45) is 27.0. The predicted molar refractivity (Wildman–Crippen MR) is 243 cm³/mol. The normalized spacial score (nSPS) is 23.4. The van der Waals surface area contributed by atoms with Gasteiger partial charge in [-0.05, 0) is 44.9 Å². The number of nitrogens with one attached hydrogen (secondary N) is 1. The molecule has 1 rings (SSSR count). The number of carbonyl (C=O) groups is 1. The summed E-state index contributed by atoms with van der Waals surface area (Å²) in [5.41, 5.74) is 0. The van der Waals surface area contributed by atoms with Gasteiger partial charge in [0.2, 0.25) is 5.91 Å².